The first-order valence-corrected chi connectivity index (χ1v) is 9.68. The summed E-state index contributed by atoms with van der Waals surface area (Å²) in [6.07, 6.45) is 2.81. The van der Waals surface area contributed by atoms with Crippen LogP contribution < -0.4 is 5.32 Å². The number of methoxy groups -OCH3 is 1. The van der Waals surface area contributed by atoms with Crippen molar-refractivity contribution in [2.24, 2.45) is 0 Å². The summed E-state index contributed by atoms with van der Waals surface area (Å²) in [6.45, 7) is 11.7. The van der Waals surface area contributed by atoms with Crippen molar-refractivity contribution in [3.63, 3.8) is 0 Å². The molecule has 0 unspecified atom stereocenters. The molecule has 1 N–H and O–H groups in total. The average Bonchev–Trinajstić information content (AvgIpc) is 3.05. The molecule has 1 aliphatic rings. The zero-order valence-corrected chi connectivity index (χ0v) is 17.6. The third-order valence-electron chi connectivity index (χ3n) is 4.97. The van der Waals surface area contributed by atoms with Gasteiger partial charge in [-0.25, -0.2) is 4.79 Å². The fraction of sp³-hybridized carbons (Fsp3) is 0.545. The third kappa shape index (κ3) is 4.93. The quantitative estimate of drug-likeness (QED) is 0.719. The number of rotatable bonds is 6. The Bertz CT molecular complexity index is 725. The molecule has 154 valence electrons. The number of hydrogen-bond donors (Lipinski definition) is 1. The van der Waals surface area contributed by atoms with E-state index in [1.807, 2.05) is 52.0 Å². The molecule has 28 heavy (non-hydrogen) atoms. The average molecular weight is 389 g/mol. The van der Waals surface area contributed by atoms with Crippen molar-refractivity contribution in [1.82, 2.24) is 4.90 Å². The van der Waals surface area contributed by atoms with Gasteiger partial charge in [0.15, 0.2) is 0 Å². The molecule has 2 amide bonds. The highest BCUT2D eigenvalue weighted by Gasteiger charge is 2.50. The maximum absolute atomic E-state index is 13.3. The molecular formula is C22H32N2O4. The maximum atomic E-state index is 13.3. The smallest absolute Gasteiger partial charge is 0.411 e. The summed E-state index contributed by atoms with van der Waals surface area (Å²) in [6, 6.07) is 7.55. The van der Waals surface area contributed by atoms with Gasteiger partial charge in [0.05, 0.1) is 6.10 Å². The Labute approximate surface area is 167 Å². The van der Waals surface area contributed by atoms with E-state index in [1.54, 1.807) is 18.1 Å². The molecule has 6 nitrogen and oxygen atoms in total. The molecule has 0 spiro atoms. The van der Waals surface area contributed by atoms with E-state index < -0.39 is 17.2 Å². The predicted molar refractivity (Wildman–Crippen MR) is 110 cm³/mol. The number of hydrogen-bond acceptors (Lipinski definition) is 4. The van der Waals surface area contributed by atoms with E-state index in [-0.39, 0.29) is 12.0 Å². The Hall–Kier alpha value is -2.34. The number of nitrogens with zero attached hydrogens (tertiary/aromatic N) is 1. The van der Waals surface area contributed by atoms with Crippen LogP contribution in [-0.2, 0) is 14.3 Å². The van der Waals surface area contributed by atoms with Crippen molar-refractivity contribution in [3.05, 3.63) is 42.5 Å². The van der Waals surface area contributed by atoms with Crippen molar-refractivity contribution < 1.29 is 19.1 Å². The van der Waals surface area contributed by atoms with Crippen molar-refractivity contribution >= 4 is 17.7 Å². The maximum Gasteiger partial charge on any atom is 0.411 e. The molecule has 1 fully saturated rings. The zero-order chi connectivity index (χ0) is 20.9. The highest BCUT2D eigenvalue weighted by atomic mass is 16.6. The van der Waals surface area contributed by atoms with E-state index in [9.17, 15) is 9.59 Å². The van der Waals surface area contributed by atoms with Crippen LogP contribution in [0.3, 0.4) is 0 Å². The minimum atomic E-state index is -0.993. The van der Waals surface area contributed by atoms with Gasteiger partial charge < -0.3 is 14.8 Å². The van der Waals surface area contributed by atoms with Crippen molar-refractivity contribution in [2.45, 2.75) is 64.2 Å². The minimum Gasteiger partial charge on any atom is -0.444 e. The van der Waals surface area contributed by atoms with Crippen molar-refractivity contribution in [1.29, 1.82) is 0 Å². The molecule has 6 heteroatoms. The summed E-state index contributed by atoms with van der Waals surface area (Å²) in [5, 5.41) is 2.98. The molecule has 1 aromatic carbocycles. The molecule has 0 bridgehead atoms. The molecule has 0 aliphatic carbocycles. The summed E-state index contributed by atoms with van der Waals surface area (Å²) < 4.78 is 10.9. The molecule has 0 saturated carbocycles. The Morgan fingerprint density at radius 2 is 2.11 bits per heavy atom. The standard InChI is InChI=1S/C22H32N2O4/c1-7-12-22(13-9-14-24(22)20(26)28-21(3,4)5)19(25)23-18-11-8-10-17(15-18)16(2)27-6/h7-8,10-11,15-16H,1,9,12-14H2,2-6H3,(H,23,25)/t16-,22+/m0/s1. The number of benzene rings is 1. The van der Waals surface area contributed by atoms with Crippen LogP contribution >= 0.6 is 0 Å². The fourth-order valence-electron chi connectivity index (χ4n) is 3.49. The summed E-state index contributed by atoms with van der Waals surface area (Å²) in [5.41, 5.74) is 0.0209. The second kappa shape index (κ2) is 8.78. The number of anilines is 1. The van der Waals surface area contributed by atoms with Gasteiger partial charge in [-0.2, -0.15) is 0 Å². The van der Waals surface area contributed by atoms with E-state index in [4.69, 9.17) is 9.47 Å². The van der Waals surface area contributed by atoms with Gasteiger partial charge in [-0.3, -0.25) is 9.69 Å². The highest BCUT2D eigenvalue weighted by Crippen LogP contribution is 2.35. The molecule has 1 heterocycles. The third-order valence-corrected chi connectivity index (χ3v) is 4.97. The lowest BCUT2D eigenvalue weighted by Crippen LogP contribution is -2.56. The van der Waals surface area contributed by atoms with Crippen LogP contribution in [0, 0.1) is 0 Å². The molecule has 2 rings (SSSR count). The summed E-state index contributed by atoms with van der Waals surface area (Å²) in [5.74, 6) is -0.224. The van der Waals surface area contributed by atoms with Gasteiger partial charge in [-0.05, 0) is 64.7 Å². The number of carbonyl (C=O) groups excluding carboxylic acids is 2. The van der Waals surface area contributed by atoms with Crippen LogP contribution in [-0.4, -0.2) is 41.7 Å². The summed E-state index contributed by atoms with van der Waals surface area (Å²) >= 11 is 0. The largest absolute Gasteiger partial charge is 0.444 e. The van der Waals surface area contributed by atoms with Gasteiger partial charge in [0.1, 0.15) is 11.1 Å². The first-order valence-electron chi connectivity index (χ1n) is 9.68. The van der Waals surface area contributed by atoms with Crippen LogP contribution in [0.25, 0.3) is 0 Å². The van der Waals surface area contributed by atoms with Crippen molar-refractivity contribution in [3.8, 4) is 0 Å². The molecule has 1 aromatic rings. The topological polar surface area (TPSA) is 67.9 Å². The first kappa shape index (κ1) is 22.0. The normalized spacial score (nSPS) is 20.5. The Morgan fingerprint density at radius 3 is 2.71 bits per heavy atom. The summed E-state index contributed by atoms with van der Waals surface area (Å²) in [7, 11) is 1.65. The van der Waals surface area contributed by atoms with E-state index in [0.29, 0.717) is 25.1 Å². The van der Waals surface area contributed by atoms with E-state index in [1.165, 1.54) is 0 Å². The van der Waals surface area contributed by atoms with Gasteiger partial charge >= 0.3 is 6.09 Å². The zero-order valence-electron chi connectivity index (χ0n) is 17.6. The second-order valence-electron chi connectivity index (χ2n) is 8.22. The van der Waals surface area contributed by atoms with E-state index in [2.05, 4.69) is 11.9 Å². The lowest BCUT2D eigenvalue weighted by Gasteiger charge is -2.37. The van der Waals surface area contributed by atoms with Crippen LogP contribution in [0.5, 0.6) is 0 Å². The number of amides is 2. The van der Waals surface area contributed by atoms with Gasteiger partial charge in [0.2, 0.25) is 0 Å². The Kier molecular flexibility index (Phi) is 6.88. The SMILES string of the molecule is C=CC[C@]1(C(=O)Nc2cccc([C@H](C)OC)c2)CCCN1C(=O)OC(C)(C)C. The van der Waals surface area contributed by atoms with Crippen LogP contribution in [0.15, 0.2) is 36.9 Å². The summed E-state index contributed by atoms with van der Waals surface area (Å²) in [4.78, 5) is 27.6. The lowest BCUT2D eigenvalue weighted by molar-refractivity contribution is -0.126. The Morgan fingerprint density at radius 1 is 1.39 bits per heavy atom. The van der Waals surface area contributed by atoms with E-state index in [0.717, 1.165) is 12.0 Å². The van der Waals surface area contributed by atoms with E-state index >= 15 is 0 Å². The second-order valence-corrected chi connectivity index (χ2v) is 8.22. The molecule has 1 aliphatic heterocycles. The molecule has 0 radical (unpaired) electrons. The molecule has 2 atom stereocenters. The first-order chi connectivity index (χ1) is 13.1. The minimum absolute atomic E-state index is 0.0799. The van der Waals surface area contributed by atoms with Gasteiger partial charge in [-0.15, -0.1) is 6.58 Å². The van der Waals surface area contributed by atoms with Crippen molar-refractivity contribution in [2.75, 3.05) is 19.0 Å². The van der Waals surface area contributed by atoms with Crippen LogP contribution in [0.2, 0.25) is 0 Å². The highest BCUT2D eigenvalue weighted by molar-refractivity contribution is 6.00. The number of likely N-dealkylation sites (tertiary alicyclic amines) is 1. The fourth-order valence-corrected chi connectivity index (χ4v) is 3.49. The monoisotopic (exact) mass is 388 g/mol. The number of nitrogens with one attached hydrogen (secondary N) is 1. The van der Waals surface area contributed by atoms with Gasteiger partial charge in [0.25, 0.3) is 5.91 Å². The van der Waals surface area contributed by atoms with Crippen LogP contribution in [0.4, 0.5) is 10.5 Å². The lowest BCUT2D eigenvalue weighted by atomic mass is 9.90. The number of carbonyl (C=O) groups is 2. The van der Waals surface area contributed by atoms with Gasteiger partial charge in [0, 0.05) is 19.3 Å². The van der Waals surface area contributed by atoms with Crippen LogP contribution in [0.1, 0.15) is 58.6 Å². The van der Waals surface area contributed by atoms with Gasteiger partial charge in [-0.1, -0.05) is 18.2 Å². The Balaban J connectivity index is 2.27. The molecular weight excluding hydrogens is 356 g/mol. The molecule has 0 aromatic heterocycles. The molecule has 1 saturated heterocycles. The predicted octanol–water partition coefficient (Wildman–Crippen LogP) is 4.68. The number of ether oxygens (including phenoxy) is 2.